The van der Waals surface area contributed by atoms with Crippen molar-refractivity contribution in [3.8, 4) is 11.5 Å². The van der Waals surface area contributed by atoms with Gasteiger partial charge in [0, 0.05) is 16.1 Å². The van der Waals surface area contributed by atoms with Crippen LogP contribution in [0.5, 0.6) is 11.5 Å². The van der Waals surface area contributed by atoms with Crippen molar-refractivity contribution in [3.63, 3.8) is 0 Å². The third-order valence-corrected chi connectivity index (χ3v) is 7.41. The van der Waals surface area contributed by atoms with Gasteiger partial charge >= 0.3 is 0 Å². The van der Waals surface area contributed by atoms with E-state index in [0.29, 0.717) is 39.1 Å². The van der Waals surface area contributed by atoms with E-state index in [2.05, 4.69) is 10.6 Å². The zero-order valence-corrected chi connectivity index (χ0v) is 23.4. The molecule has 0 unspecified atom stereocenters. The standard InChI is InChI=1S/C31H27N3O6S/c1-19-6-15-26(39-3)25(17-19)33-27-28(31(37)34(30(27)36)18-23-5-4-16-40-23)41-24-13-9-21(10-14-24)32-29(35)20-7-11-22(38-2)12-8-20/h4-17,33H,18H2,1-3H3,(H,32,35). The second kappa shape index (κ2) is 12.1. The van der Waals surface area contributed by atoms with Crippen molar-refractivity contribution in [2.45, 2.75) is 18.4 Å². The van der Waals surface area contributed by atoms with Crippen LogP contribution in [0.25, 0.3) is 0 Å². The van der Waals surface area contributed by atoms with E-state index in [9.17, 15) is 14.4 Å². The zero-order valence-electron chi connectivity index (χ0n) is 22.6. The van der Waals surface area contributed by atoms with Crippen molar-refractivity contribution < 1.29 is 28.3 Å². The zero-order chi connectivity index (χ0) is 28.9. The number of hydrogen-bond acceptors (Lipinski definition) is 8. The van der Waals surface area contributed by atoms with Crippen LogP contribution in [-0.2, 0) is 16.1 Å². The molecule has 9 nitrogen and oxygen atoms in total. The number of carbonyl (C=O) groups excluding carboxylic acids is 3. The fourth-order valence-corrected chi connectivity index (χ4v) is 5.13. The van der Waals surface area contributed by atoms with E-state index in [0.717, 1.165) is 22.2 Å². The van der Waals surface area contributed by atoms with Crippen LogP contribution in [0.4, 0.5) is 11.4 Å². The summed E-state index contributed by atoms with van der Waals surface area (Å²) in [5, 5.41) is 6.01. The number of benzene rings is 3. The van der Waals surface area contributed by atoms with Gasteiger partial charge in [-0.25, -0.2) is 0 Å². The summed E-state index contributed by atoms with van der Waals surface area (Å²) in [7, 11) is 3.11. The highest BCUT2D eigenvalue weighted by Crippen LogP contribution is 2.38. The monoisotopic (exact) mass is 569 g/mol. The average molecular weight is 570 g/mol. The molecule has 5 rings (SSSR count). The van der Waals surface area contributed by atoms with Crippen molar-refractivity contribution >= 4 is 40.9 Å². The number of carbonyl (C=O) groups is 3. The summed E-state index contributed by atoms with van der Waals surface area (Å²) >= 11 is 1.16. The van der Waals surface area contributed by atoms with Gasteiger partial charge in [-0.1, -0.05) is 17.8 Å². The summed E-state index contributed by atoms with van der Waals surface area (Å²) in [6, 6.07) is 22.8. The van der Waals surface area contributed by atoms with Gasteiger partial charge in [0.05, 0.1) is 32.7 Å². The molecule has 2 heterocycles. The van der Waals surface area contributed by atoms with Crippen LogP contribution >= 0.6 is 11.8 Å². The lowest BCUT2D eigenvalue weighted by Gasteiger charge is -2.15. The fraction of sp³-hybridized carbons (Fsp3) is 0.129. The number of nitrogens with one attached hydrogen (secondary N) is 2. The van der Waals surface area contributed by atoms with E-state index in [1.807, 2.05) is 19.1 Å². The van der Waals surface area contributed by atoms with Crippen LogP contribution in [0.15, 0.2) is 105 Å². The molecule has 208 valence electrons. The molecule has 0 spiro atoms. The van der Waals surface area contributed by atoms with Gasteiger partial charge < -0.3 is 24.5 Å². The minimum Gasteiger partial charge on any atom is -0.497 e. The lowest BCUT2D eigenvalue weighted by molar-refractivity contribution is -0.138. The third kappa shape index (κ3) is 6.12. The maximum absolute atomic E-state index is 13.5. The molecule has 0 aliphatic carbocycles. The van der Waals surface area contributed by atoms with Crippen molar-refractivity contribution in [1.82, 2.24) is 4.90 Å². The number of methoxy groups -OCH3 is 2. The number of amides is 3. The molecule has 1 aromatic heterocycles. The molecule has 0 saturated heterocycles. The van der Waals surface area contributed by atoms with Crippen LogP contribution in [0.1, 0.15) is 21.7 Å². The Balaban J connectivity index is 1.39. The van der Waals surface area contributed by atoms with Gasteiger partial charge in [0.2, 0.25) is 0 Å². The maximum atomic E-state index is 13.5. The summed E-state index contributed by atoms with van der Waals surface area (Å²) in [5.74, 6) is 0.508. The Morgan fingerprint density at radius 3 is 2.34 bits per heavy atom. The van der Waals surface area contributed by atoms with Crippen molar-refractivity contribution in [3.05, 3.63) is 113 Å². The molecular weight excluding hydrogens is 542 g/mol. The molecule has 10 heteroatoms. The first-order chi connectivity index (χ1) is 19.9. The highest BCUT2D eigenvalue weighted by atomic mass is 32.2. The van der Waals surface area contributed by atoms with Gasteiger partial charge in [0.25, 0.3) is 17.7 Å². The second-order valence-electron chi connectivity index (χ2n) is 9.12. The topological polar surface area (TPSA) is 110 Å². The normalized spacial score (nSPS) is 13.0. The lowest BCUT2D eigenvalue weighted by Crippen LogP contribution is -2.31. The number of thioether (sulfide) groups is 1. The maximum Gasteiger partial charge on any atom is 0.278 e. The molecule has 0 radical (unpaired) electrons. The first-order valence-corrected chi connectivity index (χ1v) is 13.5. The van der Waals surface area contributed by atoms with Crippen molar-refractivity contribution in [2.75, 3.05) is 24.9 Å². The average Bonchev–Trinajstić information content (AvgIpc) is 3.58. The number of anilines is 2. The Kier molecular flexibility index (Phi) is 8.11. The van der Waals surface area contributed by atoms with Gasteiger partial charge in [-0.15, -0.1) is 0 Å². The third-order valence-electron chi connectivity index (χ3n) is 6.32. The number of rotatable bonds is 10. The lowest BCUT2D eigenvalue weighted by atomic mass is 10.2. The second-order valence-corrected chi connectivity index (χ2v) is 10.2. The fourth-order valence-electron chi connectivity index (χ4n) is 4.18. The molecule has 0 bridgehead atoms. The van der Waals surface area contributed by atoms with E-state index < -0.39 is 11.8 Å². The minimum absolute atomic E-state index is 0.00118. The molecule has 0 fully saturated rings. The molecule has 3 aromatic carbocycles. The largest absolute Gasteiger partial charge is 0.497 e. The van der Waals surface area contributed by atoms with E-state index in [1.165, 1.54) is 6.26 Å². The van der Waals surface area contributed by atoms with E-state index >= 15 is 0 Å². The van der Waals surface area contributed by atoms with Gasteiger partial charge in [0.15, 0.2) is 0 Å². The SMILES string of the molecule is COc1ccc(C(=O)Nc2ccc(SC3=C(Nc4cc(C)ccc4OC)C(=O)N(Cc4ccco4)C3=O)cc2)cc1. The molecule has 0 saturated carbocycles. The van der Waals surface area contributed by atoms with Crippen LogP contribution in [0, 0.1) is 6.92 Å². The summed E-state index contributed by atoms with van der Waals surface area (Å²) in [6.45, 7) is 1.93. The number of ether oxygens (including phenoxy) is 2. The van der Waals surface area contributed by atoms with Crippen molar-refractivity contribution in [2.24, 2.45) is 0 Å². The summed E-state index contributed by atoms with van der Waals surface area (Å²) in [4.78, 5) is 41.8. The Morgan fingerprint density at radius 1 is 0.927 bits per heavy atom. The molecule has 1 aliphatic rings. The van der Waals surface area contributed by atoms with Gasteiger partial charge in [-0.05, 0) is 85.3 Å². The van der Waals surface area contributed by atoms with Crippen LogP contribution in [-0.4, -0.2) is 36.8 Å². The summed E-state index contributed by atoms with van der Waals surface area (Å²) < 4.78 is 16.0. The van der Waals surface area contributed by atoms with Crippen LogP contribution in [0.3, 0.4) is 0 Å². The number of imide groups is 1. The molecule has 0 atom stereocenters. The highest BCUT2D eigenvalue weighted by molar-refractivity contribution is 8.04. The Labute approximate surface area is 241 Å². The van der Waals surface area contributed by atoms with E-state index in [-0.39, 0.29) is 23.1 Å². The smallest absolute Gasteiger partial charge is 0.278 e. The number of hydrogen-bond donors (Lipinski definition) is 2. The molecular formula is C31H27N3O6S. The molecule has 41 heavy (non-hydrogen) atoms. The number of aryl methyl sites for hydroxylation is 1. The van der Waals surface area contributed by atoms with Gasteiger partial charge in [-0.2, -0.15) is 0 Å². The summed E-state index contributed by atoms with van der Waals surface area (Å²) in [6.07, 6.45) is 1.50. The predicted molar refractivity (Wildman–Crippen MR) is 156 cm³/mol. The molecule has 3 amide bonds. The Bertz CT molecular complexity index is 1610. The van der Waals surface area contributed by atoms with E-state index in [1.54, 1.807) is 80.9 Å². The van der Waals surface area contributed by atoms with Crippen LogP contribution < -0.4 is 20.1 Å². The molecule has 2 N–H and O–H groups in total. The van der Waals surface area contributed by atoms with Gasteiger partial charge in [-0.3, -0.25) is 19.3 Å². The van der Waals surface area contributed by atoms with Crippen LogP contribution in [0.2, 0.25) is 0 Å². The minimum atomic E-state index is -0.471. The number of nitrogens with zero attached hydrogens (tertiary/aromatic N) is 1. The molecule has 4 aromatic rings. The first kappa shape index (κ1) is 27.6. The van der Waals surface area contributed by atoms with Gasteiger partial charge in [0.1, 0.15) is 27.9 Å². The summed E-state index contributed by atoms with van der Waals surface area (Å²) in [5.41, 5.74) is 2.74. The molecule has 1 aliphatic heterocycles. The Morgan fingerprint density at radius 2 is 1.68 bits per heavy atom. The van der Waals surface area contributed by atoms with E-state index in [4.69, 9.17) is 13.9 Å². The van der Waals surface area contributed by atoms with Crippen molar-refractivity contribution in [1.29, 1.82) is 0 Å². The quantitative estimate of drug-likeness (QED) is 0.229. The Hall–Kier alpha value is -4.96. The predicted octanol–water partition coefficient (Wildman–Crippen LogP) is 5.84. The first-order valence-electron chi connectivity index (χ1n) is 12.6. The number of furan rings is 1. The highest BCUT2D eigenvalue weighted by Gasteiger charge is 2.40.